The van der Waals surface area contributed by atoms with E-state index in [0.29, 0.717) is 12.2 Å². The molecule has 2 aromatic carbocycles. The molecule has 0 unspecified atom stereocenters. The van der Waals surface area contributed by atoms with Gasteiger partial charge in [0.15, 0.2) is 0 Å². The first-order chi connectivity index (χ1) is 12.8. The number of hydrogen-bond donors (Lipinski definition) is 0. The third-order valence-corrected chi connectivity index (χ3v) is 5.73. The van der Waals surface area contributed by atoms with Crippen LogP contribution in [0.2, 0.25) is 0 Å². The van der Waals surface area contributed by atoms with E-state index in [1.54, 1.807) is 6.08 Å². The van der Waals surface area contributed by atoms with Crippen molar-refractivity contribution in [3.8, 4) is 11.1 Å². The third-order valence-electron chi connectivity index (χ3n) is 5.73. The molecule has 0 atom stereocenters. The van der Waals surface area contributed by atoms with Crippen molar-refractivity contribution < 1.29 is 8.78 Å². The molecule has 0 saturated heterocycles. The van der Waals surface area contributed by atoms with Gasteiger partial charge in [0.2, 0.25) is 0 Å². The first-order valence-electron chi connectivity index (χ1n) is 9.87. The van der Waals surface area contributed by atoms with E-state index >= 15 is 0 Å². The predicted molar refractivity (Wildman–Crippen MR) is 105 cm³/mol. The third kappa shape index (κ3) is 5.27. The summed E-state index contributed by atoms with van der Waals surface area (Å²) in [5.74, 6) is 1.32. The van der Waals surface area contributed by atoms with E-state index in [9.17, 15) is 8.78 Å². The van der Waals surface area contributed by atoms with Gasteiger partial charge < -0.3 is 0 Å². The average Bonchev–Trinajstić information content (AvgIpc) is 2.69. The van der Waals surface area contributed by atoms with Gasteiger partial charge in [-0.15, -0.1) is 0 Å². The molecule has 0 radical (unpaired) electrons. The summed E-state index contributed by atoms with van der Waals surface area (Å²) in [6, 6.07) is 15.5. The zero-order valence-corrected chi connectivity index (χ0v) is 15.3. The van der Waals surface area contributed by atoms with Crippen molar-refractivity contribution in [3.63, 3.8) is 0 Å². The standard InChI is InChI=1S/C24H28F2/c25-18-4-2-1-3-5-19-6-8-20(9-7-19)21-10-12-22(13-11-21)23-14-16-24(26)17-15-23/h4,10-20H,1-3,5-9H2. The lowest BCUT2D eigenvalue weighted by Crippen LogP contribution is -2.13. The molecule has 3 rings (SSSR count). The first kappa shape index (κ1) is 18.8. The zero-order chi connectivity index (χ0) is 18.2. The lowest BCUT2D eigenvalue weighted by molar-refractivity contribution is 0.303. The lowest BCUT2D eigenvalue weighted by atomic mass is 9.77. The molecule has 0 bridgehead atoms. The van der Waals surface area contributed by atoms with Gasteiger partial charge in [-0.25, -0.2) is 8.78 Å². The fraction of sp³-hybridized carbons (Fsp3) is 0.417. The molecule has 26 heavy (non-hydrogen) atoms. The number of benzene rings is 2. The van der Waals surface area contributed by atoms with Crippen LogP contribution in [0.1, 0.15) is 62.8 Å². The first-order valence-corrected chi connectivity index (χ1v) is 9.87. The fourth-order valence-electron chi connectivity index (χ4n) is 4.13. The quantitative estimate of drug-likeness (QED) is 0.445. The monoisotopic (exact) mass is 354 g/mol. The summed E-state index contributed by atoms with van der Waals surface area (Å²) in [5, 5.41) is 0. The number of allylic oxidation sites excluding steroid dienone is 1. The summed E-state index contributed by atoms with van der Waals surface area (Å²) in [6.45, 7) is 0. The van der Waals surface area contributed by atoms with Gasteiger partial charge in [0.1, 0.15) is 5.82 Å². The minimum Gasteiger partial charge on any atom is -0.216 e. The summed E-state index contributed by atoms with van der Waals surface area (Å²) >= 11 is 0. The molecule has 1 aliphatic rings. The highest BCUT2D eigenvalue weighted by molar-refractivity contribution is 5.63. The van der Waals surface area contributed by atoms with Crippen LogP contribution >= 0.6 is 0 Å². The van der Waals surface area contributed by atoms with Crippen LogP contribution in [0.5, 0.6) is 0 Å². The van der Waals surface area contributed by atoms with Crippen LogP contribution in [0.3, 0.4) is 0 Å². The fourth-order valence-corrected chi connectivity index (χ4v) is 4.13. The Balaban J connectivity index is 1.48. The Bertz CT molecular complexity index is 677. The highest BCUT2D eigenvalue weighted by Gasteiger charge is 2.22. The highest BCUT2D eigenvalue weighted by Crippen LogP contribution is 2.38. The summed E-state index contributed by atoms with van der Waals surface area (Å²) in [5.41, 5.74) is 3.64. The van der Waals surface area contributed by atoms with Crippen molar-refractivity contribution in [1.29, 1.82) is 0 Å². The maximum Gasteiger partial charge on any atom is 0.123 e. The molecular formula is C24H28F2. The Morgan fingerprint density at radius 3 is 2.04 bits per heavy atom. The van der Waals surface area contributed by atoms with Gasteiger partial charge in [-0.2, -0.15) is 0 Å². The van der Waals surface area contributed by atoms with Crippen molar-refractivity contribution in [2.24, 2.45) is 5.92 Å². The number of halogens is 2. The van der Waals surface area contributed by atoms with E-state index in [2.05, 4.69) is 24.3 Å². The molecule has 0 aromatic heterocycles. The van der Waals surface area contributed by atoms with E-state index in [-0.39, 0.29) is 5.82 Å². The molecule has 0 N–H and O–H groups in total. The van der Waals surface area contributed by atoms with Crippen LogP contribution in [0.15, 0.2) is 60.9 Å². The normalized spacial score (nSPS) is 20.5. The number of rotatable bonds is 7. The van der Waals surface area contributed by atoms with Crippen molar-refractivity contribution in [2.45, 2.75) is 57.3 Å². The topological polar surface area (TPSA) is 0 Å². The molecule has 0 spiro atoms. The Kier molecular flexibility index (Phi) is 6.99. The van der Waals surface area contributed by atoms with Gasteiger partial charge in [0.25, 0.3) is 0 Å². The summed E-state index contributed by atoms with van der Waals surface area (Å²) in [7, 11) is 0. The largest absolute Gasteiger partial charge is 0.216 e. The van der Waals surface area contributed by atoms with Crippen LogP contribution in [0.25, 0.3) is 11.1 Å². The highest BCUT2D eigenvalue weighted by atomic mass is 19.1. The average molecular weight is 354 g/mol. The maximum absolute atomic E-state index is 13.1. The summed E-state index contributed by atoms with van der Waals surface area (Å²) < 4.78 is 25.0. The van der Waals surface area contributed by atoms with Gasteiger partial charge >= 0.3 is 0 Å². The molecule has 0 amide bonds. The van der Waals surface area contributed by atoms with E-state index in [0.717, 1.165) is 29.9 Å². The molecule has 1 saturated carbocycles. The molecule has 2 heteroatoms. The second-order valence-electron chi connectivity index (χ2n) is 7.49. The molecular weight excluding hydrogens is 326 g/mol. The van der Waals surface area contributed by atoms with E-state index in [1.807, 2.05) is 12.1 Å². The van der Waals surface area contributed by atoms with Crippen LogP contribution in [-0.4, -0.2) is 0 Å². The predicted octanol–water partition coefficient (Wildman–Crippen LogP) is 7.81. The van der Waals surface area contributed by atoms with Gasteiger partial charge in [0, 0.05) is 0 Å². The van der Waals surface area contributed by atoms with Crippen LogP contribution in [0, 0.1) is 11.7 Å². The van der Waals surface area contributed by atoms with E-state index in [4.69, 9.17) is 0 Å². The Hall–Kier alpha value is -1.96. The second kappa shape index (κ2) is 9.66. The molecule has 1 fully saturated rings. The lowest BCUT2D eigenvalue weighted by Gasteiger charge is -2.29. The van der Waals surface area contributed by atoms with Crippen molar-refractivity contribution >= 4 is 0 Å². The Labute approximate surface area is 156 Å². The molecule has 138 valence electrons. The Morgan fingerprint density at radius 1 is 0.808 bits per heavy atom. The maximum atomic E-state index is 13.1. The van der Waals surface area contributed by atoms with Crippen LogP contribution < -0.4 is 0 Å². The van der Waals surface area contributed by atoms with Gasteiger partial charge in [0.05, 0.1) is 6.33 Å². The summed E-state index contributed by atoms with van der Waals surface area (Å²) in [4.78, 5) is 0. The van der Waals surface area contributed by atoms with Gasteiger partial charge in [-0.05, 0) is 79.2 Å². The number of unbranched alkanes of at least 4 members (excludes halogenated alkanes) is 2. The van der Waals surface area contributed by atoms with Crippen LogP contribution in [0.4, 0.5) is 8.78 Å². The summed E-state index contributed by atoms with van der Waals surface area (Å²) in [6.07, 6.45) is 11.9. The van der Waals surface area contributed by atoms with E-state index in [1.165, 1.54) is 56.2 Å². The Morgan fingerprint density at radius 2 is 1.42 bits per heavy atom. The van der Waals surface area contributed by atoms with Crippen molar-refractivity contribution in [2.75, 3.05) is 0 Å². The molecule has 0 heterocycles. The minimum absolute atomic E-state index is 0.194. The second-order valence-corrected chi connectivity index (χ2v) is 7.49. The van der Waals surface area contributed by atoms with Crippen LogP contribution in [-0.2, 0) is 0 Å². The van der Waals surface area contributed by atoms with Crippen molar-refractivity contribution in [1.82, 2.24) is 0 Å². The number of hydrogen-bond acceptors (Lipinski definition) is 0. The minimum atomic E-state index is -0.194. The van der Waals surface area contributed by atoms with Gasteiger partial charge in [-0.3, -0.25) is 0 Å². The molecule has 0 nitrogen and oxygen atoms in total. The van der Waals surface area contributed by atoms with Gasteiger partial charge in [-0.1, -0.05) is 55.3 Å². The van der Waals surface area contributed by atoms with Crippen molar-refractivity contribution in [3.05, 3.63) is 72.3 Å². The smallest absolute Gasteiger partial charge is 0.123 e. The van der Waals surface area contributed by atoms with E-state index < -0.39 is 0 Å². The zero-order valence-electron chi connectivity index (χ0n) is 15.3. The SMILES string of the molecule is FC=CCCCCC1CCC(c2ccc(-c3ccc(F)cc3)cc2)CC1. The molecule has 0 aliphatic heterocycles. The molecule has 1 aliphatic carbocycles. The molecule has 2 aromatic rings.